The first kappa shape index (κ1) is 21.7. The van der Waals surface area contributed by atoms with E-state index < -0.39 is 23.9 Å². The van der Waals surface area contributed by atoms with Gasteiger partial charge in [-0.1, -0.05) is 23.7 Å². The minimum atomic E-state index is -4.81. The molecule has 0 aromatic heterocycles. The van der Waals surface area contributed by atoms with Crippen LogP contribution in [0.5, 0.6) is 5.75 Å². The fourth-order valence-electron chi connectivity index (χ4n) is 2.85. The van der Waals surface area contributed by atoms with Crippen molar-refractivity contribution < 1.29 is 32.2 Å². The van der Waals surface area contributed by atoms with E-state index in [4.69, 9.17) is 16.3 Å². The van der Waals surface area contributed by atoms with E-state index in [-0.39, 0.29) is 24.4 Å². The Hall–Kier alpha value is -3.04. The number of carbonyl (C=O) groups excluding carboxylic acids is 2. The maximum absolute atomic E-state index is 12.9. The lowest BCUT2D eigenvalue weighted by atomic mass is 10.0. The molecular weight excluding hydrogens is 425 g/mol. The molecule has 0 saturated carbocycles. The van der Waals surface area contributed by atoms with Crippen molar-refractivity contribution in [1.82, 2.24) is 4.90 Å². The van der Waals surface area contributed by atoms with E-state index in [1.807, 2.05) is 0 Å². The predicted molar refractivity (Wildman–Crippen MR) is 104 cm³/mol. The van der Waals surface area contributed by atoms with Gasteiger partial charge < -0.3 is 14.8 Å². The van der Waals surface area contributed by atoms with Crippen molar-refractivity contribution in [3.8, 4) is 5.75 Å². The third-order valence-electron chi connectivity index (χ3n) is 4.18. The molecule has 0 spiro atoms. The summed E-state index contributed by atoms with van der Waals surface area (Å²) in [6.07, 6.45) is -4.81. The second kappa shape index (κ2) is 8.76. The zero-order chi connectivity index (χ0) is 21.9. The van der Waals surface area contributed by atoms with Crippen molar-refractivity contribution in [2.75, 3.05) is 25.6 Å². The van der Waals surface area contributed by atoms with Crippen LogP contribution in [-0.4, -0.2) is 43.3 Å². The zero-order valence-electron chi connectivity index (χ0n) is 15.6. The number of halogens is 4. The number of carbonyl (C=O) groups is 2. The minimum absolute atomic E-state index is 0.00270. The van der Waals surface area contributed by atoms with Crippen molar-refractivity contribution in [2.24, 2.45) is 0 Å². The van der Waals surface area contributed by atoms with Crippen molar-refractivity contribution in [3.63, 3.8) is 0 Å². The molecule has 10 heteroatoms. The van der Waals surface area contributed by atoms with Gasteiger partial charge in [0.15, 0.2) is 0 Å². The molecule has 1 N–H and O–H groups in total. The Morgan fingerprint density at radius 3 is 2.20 bits per heavy atom. The molecule has 1 aliphatic heterocycles. The maximum atomic E-state index is 12.9. The van der Waals surface area contributed by atoms with Gasteiger partial charge in [0.1, 0.15) is 11.4 Å². The van der Waals surface area contributed by atoms with Crippen LogP contribution >= 0.6 is 11.6 Å². The van der Waals surface area contributed by atoms with E-state index in [0.29, 0.717) is 16.3 Å². The average molecular weight is 441 g/mol. The first-order chi connectivity index (χ1) is 14.2. The number of benzene rings is 2. The molecule has 0 atom stereocenters. The second-order valence-electron chi connectivity index (χ2n) is 6.21. The number of amides is 2. The smallest absolute Gasteiger partial charge is 0.406 e. The Labute approximate surface area is 174 Å². The highest BCUT2D eigenvalue weighted by Crippen LogP contribution is 2.32. The number of rotatable bonds is 7. The highest BCUT2D eigenvalue weighted by molar-refractivity contribution is 6.36. The normalized spacial score (nSPS) is 14.5. The largest absolute Gasteiger partial charge is 0.573 e. The topological polar surface area (TPSA) is 67.9 Å². The van der Waals surface area contributed by atoms with Crippen LogP contribution in [-0.2, 0) is 14.3 Å². The third-order valence-corrected chi connectivity index (χ3v) is 4.43. The van der Waals surface area contributed by atoms with Crippen molar-refractivity contribution in [2.45, 2.75) is 6.36 Å². The lowest BCUT2D eigenvalue weighted by Crippen LogP contribution is -2.35. The lowest BCUT2D eigenvalue weighted by molar-refractivity contribution is -0.274. The van der Waals surface area contributed by atoms with Crippen LogP contribution in [0.15, 0.2) is 54.2 Å². The number of hydrogen-bond acceptors (Lipinski definition) is 5. The van der Waals surface area contributed by atoms with Crippen LogP contribution < -0.4 is 10.1 Å². The van der Waals surface area contributed by atoms with Gasteiger partial charge in [-0.2, -0.15) is 0 Å². The van der Waals surface area contributed by atoms with E-state index in [9.17, 15) is 22.8 Å². The van der Waals surface area contributed by atoms with Crippen molar-refractivity contribution in [3.05, 3.63) is 64.8 Å². The molecule has 0 aliphatic carbocycles. The van der Waals surface area contributed by atoms with Crippen LogP contribution in [0.4, 0.5) is 18.9 Å². The van der Waals surface area contributed by atoms with Gasteiger partial charge in [-0.25, -0.2) is 0 Å². The zero-order valence-corrected chi connectivity index (χ0v) is 16.4. The second-order valence-corrected chi connectivity index (χ2v) is 6.65. The van der Waals surface area contributed by atoms with E-state index >= 15 is 0 Å². The lowest BCUT2D eigenvalue weighted by Gasteiger charge is -2.14. The molecule has 1 aliphatic rings. The summed E-state index contributed by atoms with van der Waals surface area (Å²) in [5.74, 6) is -1.49. The first-order valence-corrected chi connectivity index (χ1v) is 9.05. The summed E-state index contributed by atoms with van der Waals surface area (Å²) in [5, 5.41) is 3.30. The number of imide groups is 1. The summed E-state index contributed by atoms with van der Waals surface area (Å²) >= 11 is 5.90. The molecule has 0 radical (unpaired) electrons. The Morgan fingerprint density at radius 2 is 1.63 bits per heavy atom. The first-order valence-electron chi connectivity index (χ1n) is 8.68. The van der Waals surface area contributed by atoms with Gasteiger partial charge in [0.2, 0.25) is 0 Å². The minimum Gasteiger partial charge on any atom is -0.406 e. The summed E-state index contributed by atoms with van der Waals surface area (Å²) in [6, 6.07) is 11.2. The summed E-state index contributed by atoms with van der Waals surface area (Å²) < 4.78 is 45.8. The Balaban J connectivity index is 1.93. The van der Waals surface area contributed by atoms with Crippen LogP contribution in [0, 0.1) is 0 Å². The Kier molecular flexibility index (Phi) is 6.33. The molecule has 30 heavy (non-hydrogen) atoms. The van der Waals surface area contributed by atoms with Crippen LogP contribution in [0.25, 0.3) is 5.57 Å². The van der Waals surface area contributed by atoms with E-state index in [1.54, 1.807) is 24.3 Å². The summed E-state index contributed by atoms with van der Waals surface area (Å²) in [5.41, 5.74) is 0.907. The fourth-order valence-corrected chi connectivity index (χ4v) is 2.97. The molecule has 0 fully saturated rings. The van der Waals surface area contributed by atoms with Gasteiger partial charge in [-0.3, -0.25) is 14.5 Å². The highest BCUT2D eigenvalue weighted by Gasteiger charge is 2.39. The number of hydrogen-bond donors (Lipinski definition) is 1. The number of nitrogens with zero attached hydrogens (tertiary/aromatic N) is 1. The number of ether oxygens (including phenoxy) is 2. The third kappa shape index (κ3) is 4.92. The molecule has 3 rings (SSSR count). The van der Waals surface area contributed by atoms with E-state index in [2.05, 4.69) is 10.1 Å². The molecule has 0 bridgehead atoms. The van der Waals surface area contributed by atoms with Crippen molar-refractivity contribution >= 4 is 34.7 Å². The Morgan fingerprint density at radius 1 is 1.00 bits per heavy atom. The van der Waals surface area contributed by atoms with Gasteiger partial charge in [-0.05, 0) is 42.0 Å². The monoisotopic (exact) mass is 440 g/mol. The van der Waals surface area contributed by atoms with Crippen LogP contribution in [0.3, 0.4) is 0 Å². The molecular formula is C20H16ClF3N2O4. The van der Waals surface area contributed by atoms with Gasteiger partial charge >= 0.3 is 6.36 Å². The van der Waals surface area contributed by atoms with E-state index in [1.165, 1.54) is 19.2 Å². The Bertz CT molecular complexity index is 973. The quantitative estimate of drug-likeness (QED) is 0.657. The maximum Gasteiger partial charge on any atom is 0.573 e. The standard InChI is InChI=1S/C20H16ClF3N2O4/c1-29-11-10-26-18(27)16(12-2-4-13(21)5-3-12)17(19(26)28)25-14-6-8-15(9-7-14)30-20(22,23)24/h2-9,25H,10-11H2,1H3. The highest BCUT2D eigenvalue weighted by atomic mass is 35.5. The molecule has 6 nitrogen and oxygen atoms in total. The molecule has 158 valence electrons. The molecule has 2 aromatic carbocycles. The average Bonchev–Trinajstić information content (AvgIpc) is 2.91. The molecule has 2 amide bonds. The van der Waals surface area contributed by atoms with E-state index in [0.717, 1.165) is 17.0 Å². The van der Waals surface area contributed by atoms with Gasteiger partial charge in [-0.15, -0.1) is 13.2 Å². The summed E-state index contributed by atoms with van der Waals surface area (Å²) in [7, 11) is 1.45. The SMILES string of the molecule is COCCN1C(=O)C(Nc2ccc(OC(F)(F)F)cc2)=C(c2ccc(Cl)cc2)C1=O. The molecule has 0 saturated heterocycles. The predicted octanol–water partition coefficient (Wildman–Crippen LogP) is 4.08. The fraction of sp³-hybridized carbons (Fsp3) is 0.200. The van der Waals surface area contributed by atoms with Crippen LogP contribution in [0.1, 0.15) is 5.56 Å². The number of methoxy groups -OCH3 is 1. The number of nitrogens with one attached hydrogen (secondary N) is 1. The number of anilines is 1. The summed E-state index contributed by atoms with van der Waals surface area (Å²) in [4.78, 5) is 26.8. The summed E-state index contributed by atoms with van der Waals surface area (Å²) in [6.45, 7) is 0.205. The van der Waals surface area contributed by atoms with Crippen LogP contribution in [0.2, 0.25) is 5.02 Å². The molecule has 0 unspecified atom stereocenters. The van der Waals surface area contributed by atoms with Gasteiger partial charge in [0.05, 0.1) is 18.7 Å². The molecule has 1 heterocycles. The van der Waals surface area contributed by atoms with Crippen molar-refractivity contribution in [1.29, 1.82) is 0 Å². The number of alkyl halides is 3. The molecule has 2 aromatic rings. The van der Waals surface area contributed by atoms with Gasteiger partial charge in [0.25, 0.3) is 11.8 Å². The van der Waals surface area contributed by atoms with Gasteiger partial charge in [0, 0.05) is 17.8 Å².